The van der Waals surface area contributed by atoms with Gasteiger partial charge in [0.15, 0.2) is 0 Å². The van der Waals surface area contributed by atoms with E-state index in [-0.39, 0.29) is 11.9 Å². The molecule has 2 aromatic rings. The van der Waals surface area contributed by atoms with Crippen molar-refractivity contribution in [2.45, 2.75) is 31.7 Å². The van der Waals surface area contributed by atoms with E-state index in [9.17, 15) is 4.79 Å². The zero-order valence-corrected chi connectivity index (χ0v) is 12.9. The second-order valence-electron chi connectivity index (χ2n) is 6.10. The number of aryl methyl sites for hydroxylation is 1. The molecule has 1 unspecified atom stereocenters. The third-order valence-electron chi connectivity index (χ3n) is 4.46. The molecule has 1 aliphatic heterocycles. The predicted octanol–water partition coefficient (Wildman–Crippen LogP) is 3.20. The van der Waals surface area contributed by atoms with Gasteiger partial charge in [-0.25, -0.2) is 4.99 Å². The van der Waals surface area contributed by atoms with Gasteiger partial charge in [-0.15, -0.1) is 0 Å². The standard InChI is InChI=1S/C19H19N3O/c23-17(12-13-6-2-1-3-7-13)22-19-20-15-10-4-8-14-9-5-11-16(21-19)18(14)15/h1-4,6-8,10,16H,5,9,11-12H2,(H2,20,21,22,23). The number of guanidine groups is 1. The molecule has 0 bridgehead atoms. The summed E-state index contributed by atoms with van der Waals surface area (Å²) in [5.41, 5.74) is 4.77. The van der Waals surface area contributed by atoms with Crippen LogP contribution in [0.5, 0.6) is 0 Å². The summed E-state index contributed by atoms with van der Waals surface area (Å²) in [7, 11) is 0. The van der Waals surface area contributed by atoms with Gasteiger partial charge in [-0.2, -0.15) is 0 Å². The first-order chi connectivity index (χ1) is 11.3. The molecule has 2 N–H and O–H groups in total. The molecule has 4 nitrogen and oxygen atoms in total. The van der Waals surface area contributed by atoms with Gasteiger partial charge >= 0.3 is 0 Å². The van der Waals surface area contributed by atoms with Gasteiger partial charge in [0.1, 0.15) is 0 Å². The molecule has 2 aliphatic rings. The minimum Gasteiger partial charge on any atom is -0.326 e. The molecule has 116 valence electrons. The summed E-state index contributed by atoms with van der Waals surface area (Å²) >= 11 is 0. The van der Waals surface area contributed by atoms with Crippen molar-refractivity contribution in [3.8, 4) is 0 Å². The van der Waals surface area contributed by atoms with Crippen molar-refractivity contribution < 1.29 is 4.79 Å². The van der Waals surface area contributed by atoms with Crippen LogP contribution in [-0.4, -0.2) is 11.9 Å². The van der Waals surface area contributed by atoms with E-state index in [1.54, 1.807) is 0 Å². The lowest BCUT2D eigenvalue weighted by Gasteiger charge is -2.30. The molecule has 0 spiro atoms. The van der Waals surface area contributed by atoms with Crippen LogP contribution in [0.3, 0.4) is 0 Å². The van der Waals surface area contributed by atoms with Crippen molar-refractivity contribution in [2.24, 2.45) is 4.99 Å². The van der Waals surface area contributed by atoms with E-state index in [0.29, 0.717) is 12.4 Å². The molecule has 4 rings (SSSR count). The number of nitrogens with zero attached hydrogens (tertiary/aromatic N) is 1. The molecule has 1 amide bonds. The van der Waals surface area contributed by atoms with Crippen LogP contribution in [0.4, 0.5) is 5.69 Å². The van der Waals surface area contributed by atoms with E-state index in [4.69, 9.17) is 4.99 Å². The molecule has 2 aromatic carbocycles. The number of hydrogen-bond acceptors (Lipinski definition) is 3. The number of benzene rings is 2. The summed E-state index contributed by atoms with van der Waals surface area (Å²) in [6.07, 6.45) is 3.67. The molecule has 0 fully saturated rings. The minimum atomic E-state index is -0.0436. The van der Waals surface area contributed by atoms with Crippen LogP contribution in [0.25, 0.3) is 0 Å². The molecule has 0 saturated carbocycles. The monoisotopic (exact) mass is 305 g/mol. The van der Waals surface area contributed by atoms with E-state index < -0.39 is 0 Å². The molecule has 0 aromatic heterocycles. The van der Waals surface area contributed by atoms with E-state index in [1.807, 2.05) is 30.3 Å². The Morgan fingerprint density at radius 2 is 2.04 bits per heavy atom. The van der Waals surface area contributed by atoms with Crippen LogP contribution >= 0.6 is 0 Å². The summed E-state index contributed by atoms with van der Waals surface area (Å²) in [6.45, 7) is 0. The number of amides is 1. The molecule has 0 radical (unpaired) electrons. The SMILES string of the molecule is O=C(Cc1ccccc1)NC1=NC2CCCc3cccc(c32)N1. The average Bonchev–Trinajstić information content (AvgIpc) is 2.56. The number of carbonyl (C=O) groups is 1. The third kappa shape index (κ3) is 2.84. The Morgan fingerprint density at radius 3 is 2.91 bits per heavy atom. The number of rotatable bonds is 2. The quantitative estimate of drug-likeness (QED) is 0.895. The molecular formula is C19H19N3O. The largest absolute Gasteiger partial charge is 0.326 e. The summed E-state index contributed by atoms with van der Waals surface area (Å²) < 4.78 is 0. The summed E-state index contributed by atoms with van der Waals surface area (Å²) in [6, 6.07) is 16.2. The van der Waals surface area contributed by atoms with Crippen molar-refractivity contribution in [3.63, 3.8) is 0 Å². The summed E-state index contributed by atoms with van der Waals surface area (Å²) in [5, 5.41) is 6.19. The van der Waals surface area contributed by atoms with E-state index in [0.717, 1.165) is 30.5 Å². The van der Waals surface area contributed by atoms with Crippen LogP contribution in [0.15, 0.2) is 53.5 Å². The number of hydrogen-bond donors (Lipinski definition) is 2. The highest BCUT2D eigenvalue weighted by Gasteiger charge is 2.27. The maximum absolute atomic E-state index is 12.2. The third-order valence-corrected chi connectivity index (χ3v) is 4.46. The van der Waals surface area contributed by atoms with Crippen molar-refractivity contribution in [2.75, 3.05) is 5.32 Å². The first-order valence-corrected chi connectivity index (χ1v) is 8.10. The number of nitrogens with one attached hydrogen (secondary N) is 2. The molecule has 1 heterocycles. The van der Waals surface area contributed by atoms with Gasteiger partial charge in [0.05, 0.1) is 12.5 Å². The van der Waals surface area contributed by atoms with Gasteiger partial charge in [-0.1, -0.05) is 42.5 Å². The molecule has 1 atom stereocenters. The van der Waals surface area contributed by atoms with Crippen molar-refractivity contribution in [3.05, 3.63) is 65.2 Å². The van der Waals surface area contributed by atoms with Crippen LogP contribution in [-0.2, 0) is 17.6 Å². The van der Waals surface area contributed by atoms with Crippen molar-refractivity contribution in [1.29, 1.82) is 0 Å². The minimum absolute atomic E-state index is 0.0436. The first-order valence-electron chi connectivity index (χ1n) is 8.10. The maximum Gasteiger partial charge on any atom is 0.231 e. The van der Waals surface area contributed by atoms with Gasteiger partial charge in [-0.05, 0) is 36.5 Å². The van der Waals surface area contributed by atoms with E-state index in [2.05, 4.69) is 28.8 Å². The van der Waals surface area contributed by atoms with Gasteiger partial charge < -0.3 is 5.32 Å². The smallest absolute Gasteiger partial charge is 0.231 e. The normalized spacial score (nSPS) is 18.4. The van der Waals surface area contributed by atoms with Crippen LogP contribution < -0.4 is 10.6 Å². The Balaban J connectivity index is 1.51. The fraction of sp³-hybridized carbons (Fsp3) is 0.263. The summed E-state index contributed by atoms with van der Waals surface area (Å²) in [5.74, 6) is 0.528. The highest BCUT2D eigenvalue weighted by Crippen LogP contribution is 2.39. The average molecular weight is 305 g/mol. The zero-order chi connectivity index (χ0) is 15.6. The highest BCUT2D eigenvalue weighted by atomic mass is 16.1. The van der Waals surface area contributed by atoms with Gasteiger partial charge in [0.25, 0.3) is 0 Å². The van der Waals surface area contributed by atoms with Crippen LogP contribution in [0, 0.1) is 0 Å². The number of aliphatic imine (C=N–C) groups is 1. The summed E-state index contributed by atoms with van der Waals surface area (Å²) in [4.78, 5) is 16.9. The molecular weight excluding hydrogens is 286 g/mol. The van der Waals surface area contributed by atoms with Crippen molar-refractivity contribution in [1.82, 2.24) is 5.32 Å². The van der Waals surface area contributed by atoms with Crippen LogP contribution in [0.1, 0.15) is 35.6 Å². The van der Waals surface area contributed by atoms with E-state index >= 15 is 0 Å². The van der Waals surface area contributed by atoms with Gasteiger partial charge in [0, 0.05) is 11.3 Å². The lowest BCUT2D eigenvalue weighted by molar-refractivity contribution is -0.119. The topological polar surface area (TPSA) is 53.5 Å². The van der Waals surface area contributed by atoms with Crippen LogP contribution in [0.2, 0.25) is 0 Å². The molecule has 1 aliphatic carbocycles. The second-order valence-corrected chi connectivity index (χ2v) is 6.10. The number of anilines is 1. The molecule has 0 saturated heterocycles. The zero-order valence-electron chi connectivity index (χ0n) is 12.9. The lowest BCUT2D eigenvalue weighted by Crippen LogP contribution is -2.39. The molecule has 4 heteroatoms. The maximum atomic E-state index is 12.2. The predicted molar refractivity (Wildman–Crippen MR) is 91.5 cm³/mol. The van der Waals surface area contributed by atoms with Crippen molar-refractivity contribution >= 4 is 17.6 Å². The fourth-order valence-electron chi connectivity index (χ4n) is 3.43. The van der Waals surface area contributed by atoms with Gasteiger partial charge in [-0.3, -0.25) is 10.1 Å². The Bertz CT molecular complexity index is 767. The fourth-order valence-corrected chi connectivity index (χ4v) is 3.43. The number of carbonyl (C=O) groups excluding carboxylic acids is 1. The Kier molecular flexibility index (Phi) is 3.58. The second kappa shape index (κ2) is 5.88. The highest BCUT2D eigenvalue weighted by molar-refractivity contribution is 6.06. The van der Waals surface area contributed by atoms with E-state index in [1.165, 1.54) is 11.1 Å². The first kappa shape index (κ1) is 14.0. The lowest BCUT2D eigenvalue weighted by atomic mass is 9.86. The van der Waals surface area contributed by atoms with Gasteiger partial charge in [0.2, 0.25) is 11.9 Å². The Labute approximate surface area is 135 Å². The Morgan fingerprint density at radius 1 is 1.17 bits per heavy atom. The molecule has 23 heavy (non-hydrogen) atoms. The Hall–Kier alpha value is -2.62.